The minimum absolute atomic E-state index is 0.0251. The van der Waals surface area contributed by atoms with E-state index in [0.29, 0.717) is 11.6 Å². The second kappa shape index (κ2) is 5.98. The van der Waals surface area contributed by atoms with Crippen LogP contribution < -0.4 is 0 Å². The summed E-state index contributed by atoms with van der Waals surface area (Å²) in [4.78, 5) is 12.1. The molecule has 0 atom stereocenters. The number of aromatic nitrogens is 2. The maximum absolute atomic E-state index is 13.4. The molecule has 3 nitrogen and oxygen atoms in total. The van der Waals surface area contributed by atoms with Gasteiger partial charge in [0, 0.05) is 11.8 Å². The largest absolute Gasteiger partial charge is 0.294 e. The lowest BCUT2D eigenvalue weighted by atomic mass is 10.1. The molecule has 110 valence electrons. The first-order chi connectivity index (χ1) is 10.1. The third-order valence-electron chi connectivity index (χ3n) is 3.95. The van der Waals surface area contributed by atoms with E-state index in [1.165, 1.54) is 25.0 Å². The first-order valence-electron chi connectivity index (χ1n) is 7.16. The van der Waals surface area contributed by atoms with Gasteiger partial charge in [0.2, 0.25) is 0 Å². The van der Waals surface area contributed by atoms with Gasteiger partial charge < -0.3 is 0 Å². The predicted octanol–water partition coefficient (Wildman–Crippen LogP) is 4.22. The van der Waals surface area contributed by atoms with Crippen LogP contribution in [0.1, 0.15) is 47.8 Å². The quantitative estimate of drug-likeness (QED) is 0.793. The average Bonchev–Trinajstić information content (AvgIpc) is 3.12. The topological polar surface area (TPSA) is 34.9 Å². The Morgan fingerprint density at radius 2 is 2.10 bits per heavy atom. The highest BCUT2D eigenvalue weighted by atomic mass is 35.5. The Bertz CT molecular complexity index is 662. The van der Waals surface area contributed by atoms with Crippen molar-refractivity contribution in [3.8, 4) is 0 Å². The summed E-state index contributed by atoms with van der Waals surface area (Å²) in [6.07, 6.45) is 6.89. The van der Waals surface area contributed by atoms with Gasteiger partial charge >= 0.3 is 0 Å². The lowest BCUT2D eigenvalue weighted by Crippen LogP contribution is -2.08. The first-order valence-corrected chi connectivity index (χ1v) is 7.53. The van der Waals surface area contributed by atoms with Crippen molar-refractivity contribution in [2.75, 3.05) is 0 Å². The second-order valence-corrected chi connectivity index (χ2v) is 5.86. The van der Waals surface area contributed by atoms with Gasteiger partial charge in [0.05, 0.1) is 23.2 Å². The molecule has 1 aliphatic carbocycles. The molecule has 3 rings (SSSR count). The summed E-state index contributed by atoms with van der Waals surface area (Å²) in [5, 5.41) is 4.50. The number of carbonyl (C=O) groups is 1. The van der Waals surface area contributed by atoms with Gasteiger partial charge in [0.25, 0.3) is 0 Å². The van der Waals surface area contributed by atoms with Crippen LogP contribution in [-0.2, 0) is 6.42 Å². The Labute approximate surface area is 127 Å². The van der Waals surface area contributed by atoms with Gasteiger partial charge in [-0.15, -0.1) is 0 Å². The molecule has 5 heteroatoms. The zero-order valence-corrected chi connectivity index (χ0v) is 12.3. The minimum atomic E-state index is -0.570. The Morgan fingerprint density at radius 3 is 2.81 bits per heavy atom. The molecule has 0 spiro atoms. The van der Waals surface area contributed by atoms with Crippen LogP contribution in [0.5, 0.6) is 0 Å². The number of rotatable bonds is 4. The summed E-state index contributed by atoms with van der Waals surface area (Å²) in [6, 6.07) is 6.45. The molecule has 2 aromatic rings. The van der Waals surface area contributed by atoms with Crippen molar-refractivity contribution in [2.24, 2.45) is 0 Å². The fourth-order valence-corrected chi connectivity index (χ4v) is 2.90. The van der Waals surface area contributed by atoms with Gasteiger partial charge in [0.15, 0.2) is 5.78 Å². The lowest BCUT2D eigenvalue weighted by molar-refractivity contribution is 0.0991. The first kappa shape index (κ1) is 14.3. The highest BCUT2D eigenvalue weighted by molar-refractivity contribution is 6.30. The molecule has 1 aliphatic rings. The molecular weight excluding hydrogens is 291 g/mol. The third-order valence-corrected chi connectivity index (χ3v) is 4.25. The molecule has 0 saturated heterocycles. The molecule has 0 amide bonds. The fourth-order valence-electron chi connectivity index (χ4n) is 2.78. The maximum Gasteiger partial charge on any atom is 0.168 e. The van der Waals surface area contributed by atoms with E-state index in [4.69, 9.17) is 11.6 Å². The van der Waals surface area contributed by atoms with E-state index in [0.717, 1.165) is 18.5 Å². The maximum atomic E-state index is 13.4. The average molecular weight is 307 g/mol. The number of hydrogen-bond acceptors (Lipinski definition) is 2. The molecule has 1 heterocycles. The molecule has 0 aliphatic heterocycles. The number of ketones is 1. The predicted molar refractivity (Wildman–Crippen MR) is 79.2 cm³/mol. The van der Waals surface area contributed by atoms with Crippen molar-refractivity contribution < 1.29 is 9.18 Å². The van der Waals surface area contributed by atoms with E-state index < -0.39 is 5.82 Å². The molecule has 1 aromatic carbocycles. The summed E-state index contributed by atoms with van der Waals surface area (Å²) in [7, 11) is 0. The molecule has 0 radical (unpaired) electrons. The highest BCUT2D eigenvalue weighted by Crippen LogP contribution is 2.28. The van der Waals surface area contributed by atoms with Crippen molar-refractivity contribution in [2.45, 2.75) is 38.1 Å². The van der Waals surface area contributed by atoms with Gasteiger partial charge in [-0.1, -0.05) is 24.4 Å². The Hall–Kier alpha value is -1.68. The van der Waals surface area contributed by atoms with E-state index in [-0.39, 0.29) is 17.2 Å². The van der Waals surface area contributed by atoms with Crippen LogP contribution in [-0.4, -0.2) is 15.6 Å². The standard InChI is InChI=1S/C16H16ClFN2O/c17-14-6-5-11(9-15(14)18)16(21)10-12-7-8-20(19-12)13-3-1-2-4-13/h5-9,13H,1-4,10H2. The second-order valence-electron chi connectivity index (χ2n) is 5.45. The van der Waals surface area contributed by atoms with Crippen molar-refractivity contribution in [1.82, 2.24) is 9.78 Å². The van der Waals surface area contributed by atoms with E-state index in [1.54, 1.807) is 6.07 Å². The molecule has 21 heavy (non-hydrogen) atoms. The summed E-state index contributed by atoms with van der Waals surface area (Å²) in [6.45, 7) is 0. The molecule has 0 N–H and O–H groups in total. The summed E-state index contributed by atoms with van der Waals surface area (Å²) in [5.74, 6) is -0.721. The van der Waals surface area contributed by atoms with E-state index in [1.807, 2.05) is 16.9 Å². The smallest absolute Gasteiger partial charge is 0.168 e. The molecule has 1 aromatic heterocycles. The van der Waals surface area contributed by atoms with Crippen molar-refractivity contribution >= 4 is 17.4 Å². The number of nitrogens with zero attached hydrogens (tertiary/aromatic N) is 2. The Kier molecular flexibility index (Phi) is 4.06. The zero-order valence-electron chi connectivity index (χ0n) is 11.6. The van der Waals surface area contributed by atoms with Crippen LogP contribution in [0.3, 0.4) is 0 Å². The van der Waals surface area contributed by atoms with Gasteiger partial charge in [-0.05, 0) is 37.1 Å². The third kappa shape index (κ3) is 3.16. The van der Waals surface area contributed by atoms with Crippen molar-refractivity contribution in [3.63, 3.8) is 0 Å². The van der Waals surface area contributed by atoms with Crippen LogP contribution in [0.4, 0.5) is 4.39 Å². The minimum Gasteiger partial charge on any atom is -0.294 e. The number of halogens is 2. The number of benzene rings is 1. The Morgan fingerprint density at radius 1 is 1.33 bits per heavy atom. The lowest BCUT2D eigenvalue weighted by Gasteiger charge is -2.08. The van der Waals surface area contributed by atoms with E-state index >= 15 is 0 Å². The summed E-state index contributed by atoms with van der Waals surface area (Å²) in [5.41, 5.74) is 1.05. The van der Waals surface area contributed by atoms with Gasteiger partial charge in [0.1, 0.15) is 5.82 Å². The van der Waals surface area contributed by atoms with Gasteiger partial charge in [-0.25, -0.2) is 4.39 Å². The van der Waals surface area contributed by atoms with E-state index in [2.05, 4.69) is 5.10 Å². The highest BCUT2D eigenvalue weighted by Gasteiger charge is 2.18. The van der Waals surface area contributed by atoms with E-state index in [9.17, 15) is 9.18 Å². The summed E-state index contributed by atoms with van der Waals surface area (Å²) >= 11 is 5.62. The SMILES string of the molecule is O=C(Cc1ccn(C2CCCC2)n1)c1ccc(Cl)c(F)c1. The molecule has 0 unspecified atom stereocenters. The normalized spacial score (nSPS) is 15.5. The van der Waals surface area contributed by atoms with Crippen LogP contribution in [0.25, 0.3) is 0 Å². The molecule has 1 fully saturated rings. The van der Waals surface area contributed by atoms with Crippen LogP contribution in [0.15, 0.2) is 30.5 Å². The monoisotopic (exact) mass is 306 g/mol. The van der Waals surface area contributed by atoms with Gasteiger partial charge in [-0.2, -0.15) is 5.10 Å². The number of Topliss-reactive ketones (excluding diaryl/α,β-unsaturated/α-hetero) is 1. The zero-order chi connectivity index (χ0) is 14.8. The van der Waals surface area contributed by atoms with Crippen LogP contribution >= 0.6 is 11.6 Å². The molecule has 1 saturated carbocycles. The van der Waals surface area contributed by atoms with Gasteiger partial charge in [-0.3, -0.25) is 9.48 Å². The van der Waals surface area contributed by atoms with Crippen molar-refractivity contribution in [1.29, 1.82) is 0 Å². The number of hydrogen-bond donors (Lipinski definition) is 0. The molecular formula is C16H16ClFN2O. The van der Waals surface area contributed by atoms with Crippen LogP contribution in [0.2, 0.25) is 5.02 Å². The number of carbonyl (C=O) groups excluding carboxylic acids is 1. The summed E-state index contributed by atoms with van der Waals surface area (Å²) < 4.78 is 15.3. The Balaban J connectivity index is 1.70. The fraction of sp³-hybridized carbons (Fsp3) is 0.375. The van der Waals surface area contributed by atoms with Crippen LogP contribution in [0, 0.1) is 5.82 Å². The molecule has 0 bridgehead atoms. The van der Waals surface area contributed by atoms with Crippen molar-refractivity contribution in [3.05, 3.63) is 52.6 Å².